The average molecular weight is 397 g/mol. The van der Waals surface area contributed by atoms with Crippen LogP contribution in [-0.4, -0.2) is 25.8 Å². The fraction of sp³-hybridized carbons (Fsp3) is 0.200. The van der Waals surface area contributed by atoms with E-state index < -0.39 is 0 Å². The Morgan fingerprint density at radius 1 is 1.00 bits per heavy atom. The molecular formula is C25H23N3O2. The van der Waals surface area contributed by atoms with E-state index in [1.54, 1.807) is 0 Å². The maximum atomic E-state index is 13.5. The maximum absolute atomic E-state index is 13.5. The highest BCUT2D eigenvalue weighted by molar-refractivity contribution is 5.90. The first kappa shape index (κ1) is 18.6. The second-order valence-electron chi connectivity index (χ2n) is 7.80. The summed E-state index contributed by atoms with van der Waals surface area (Å²) in [6.07, 6.45) is 3.60. The average Bonchev–Trinajstić information content (AvgIpc) is 3.16. The lowest BCUT2D eigenvalue weighted by atomic mass is 9.92. The van der Waals surface area contributed by atoms with Gasteiger partial charge in [0.05, 0.1) is 17.2 Å². The fourth-order valence-corrected chi connectivity index (χ4v) is 4.29. The summed E-state index contributed by atoms with van der Waals surface area (Å²) in [4.78, 5) is 17.0. The molecule has 1 aliphatic rings. The molecule has 150 valence electrons. The Morgan fingerprint density at radius 3 is 2.30 bits per heavy atom. The van der Waals surface area contributed by atoms with Crippen molar-refractivity contribution < 1.29 is 5.11 Å². The lowest BCUT2D eigenvalue weighted by Gasteiger charge is -2.18. The van der Waals surface area contributed by atoms with E-state index in [1.165, 1.54) is 4.52 Å². The molecule has 0 aliphatic heterocycles. The molecule has 0 amide bonds. The lowest BCUT2D eigenvalue weighted by Crippen LogP contribution is -2.23. The van der Waals surface area contributed by atoms with Crippen LogP contribution in [0.4, 0.5) is 0 Å². The van der Waals surface area contributed by atoms with Gasteiger partial charge in [-0.25, -0.2) is 0 Å². The third-order valence-electron chi connectivity index (χ3n) is 5.79. The highest BCUT2D eigenvalue weighted by Crippen LogP contribution is 2.35. The molecule has 5 nitrogen and oxygen atoms in total. The number of H-pyrrole nitrogens is 1. The summed E-state index contributed by atoms with van der Waals surface area (Å²) in [6.45, 7) is 1.94. The topological polar surface area (TPSA) is 70.4 Å². The molecule has 2 N–H and O–H groups in total. The van der Waals surface area contributed by atoms with Crippen LogP contribution in [0.2, 0.25) is 0 Å². The quantitative estimate of drug-likeness (QED) is 0.531. The predicted molar refractivity (Wildman–Crippen MR) is 119 cm³/mol. The van der Waals surface area contributed by atoms with Crippen molar-refractivity contribution in [2.75, 3.05) is 0 Å². The van der Waals surface area contributed by atoms with Crippen molar-refractivity contribution >= 4 is 11.2 Å². The van der Waals surface area contributed by atoms with Crippen molar-refractivity contribution in [3.8, 4) is 22.4 Å². The van der Waals surface area contributed by atoms with Crippen LogP contribution < -0.4 is 5.56 Å². The zero-order chi connectivity index (χ0) is 20.7. The molecule has 5 heteroatoms. The van der Waals surface area contributed by atoms with E-state index in [2.05, 4.69) is 4.98 Å². The van der Waals surface area contributed by atoms with Crippen LogP contribution in [0.25, 0.3) is 33.6 Å². The number of nitrogens with zero attached hydrogens (tertiary/aromatic N) is 2. The minimum absolute atomic E-state index is 0.122. The van der Waals surface area contributed by atoms with Gasteiger partial charge in [0.15, 0.2) is 0 Å². The van der Waals surface area contributed by atoms with Crippen molar-refractivity contribution in [1.29, 1.82) is 0 Å². The van der Waals surface area contributed by atoms with Gasteiger partial charge in [0.25, 0.3) is 5.56 Å². The standard InChI is InChI=1S/C25H23N3O2/c1-16-21(18-12-14-20(29)15-13-18)25(30)28-24(26-16)22(17-8-4-2-5-9-17)23(27-28)19-10-6-3-7-11-19/h2-12,20,26,29H,13-15H2,1H3. The number of rotatable bonds is 3. The number of aromatic amines is 1. The molecule has 1 aliphatic carbocycles. The lowest BCUT2D eigenvalue weighted by molar-refractivity contribution is 0.166. The van der Waals surface area contributed by atoms with Crippen LogP contribution in [0.3, 0.4) is 0 Å². The highest BCUT2D eigenvalue weighted by atomic mass is 16.3. The van der Waals surface area contributed by atoms with Crippen molar-refractivity contribution in [3.63, 3.8) is 0 Å². The Bertz CT molecular complexity index is 1300. The predicted octanol–water partition coefficient (Wildman–Crippen LogP) is 4.59. The van der Waals surface area contributed by atoms with E-state index in [-0.39, 0.29) is 11.7 Å². The molecule has 2 aromatic carbocycles. The van der Waals surface area contributed by atoms with E-state index in [4.69, 9.17) is 5.10 Å². The first-order valence-corrected chi connectivity index (χ1v) is 10.3. The molecule has 0 fully saturated rings. The number of aliphatic hydroxyl groups is 1. The molecule has 0 bridgehead atoms. The maximum Gasteiger partial charge on any atom is 0.282 e. The number of aromatic nitrogens is 3. The normalized spacial score (nSPS) is 16.6. The van der Waals surface area contributed by atoms with E-state index in [9.17, 15) is 9.90 Å². The van der Waals surface area contributed by atoms with E-state index in [0.29, 0.717) is 30.5 Å². The summed E-state index contributed by atoms with van der Waals surface area (Å²) < 4.78 is 1.50. The Hall–Kier alpha value is -3.44. The number of hydrogen-bond acceptors (Lipinski definition) is 3. The van der Waals surface area contributed by atoms with Crippen molar-refractivity contribution in [3.05, 3.63) is 88.4 Å². The molecule has 5 rings (SSSR count). The number of nitrogens with one attached hydrogen (secondary N) is 1. The van der Waals surface area contributed by atoms with Gasteiger partial charge in [-0.3, -0.25) is 4.79 Å². The van der Waals surface area contributed by atoms with Gasteiger partial charge < -0.3 is 10.1 Å². The number of aryl methyl sites for hydroxylation is 1. The molecule has 1 atom stereocenters. The Labute approximate surface area is 174 Å². The van der Waals surface area contributed by atoms with Gasteiger partial charge in [-0.05, 0) is 37.3 Å². The van der Waals surface area contributed by atoms with Crippen molar-refractivity contribution in [2.45, 2.75) is 32.3 Å². The number of aliphatic hydroxyl groups excluding tert-OH is 1. The Balaban J connectivity index is 1.81. The molecule has 0 saturated carbocycles. The summed E-state index contributed by atoms with van der Waals surface area (Å²) in [5.74, 6) is 0. The number of fused-ring (bicyclic) bond motifs is 1. The van der Waals surface area contributed by atoms with E-state index in [0.717, 1.165) is 33.7 Å². The second-order valence-corrected chi connectivity index (χ2v) is 7.80. The summed E-state index contributed by atoms with van der Waals surface area (Å²) in [5, 5.41) is 14.6. The molecule has 1 unspecified atom stereocenters. The van der Waals surface area contributed by atoms with Crippen LogP contribution in [0.1, 0.15) is 30.5 Å². The molecule has 2 heterocycles. The van der Waals surface area contributed by atoms with Gasteiger partial charge in [-0.15, -0.1) is 0 Å². The van der Waals surface area contributed by atoms with Crippen LogP contribution in [-0.2, 0) is 0 Å². The monoisotopic (exact) mass is 397 g/mol. The molecule has 0 radical (unpaired) electrons. The summed E-state index contributed by atoms with van der Waals surface area (Å²) in [5.41, 5.74) is 6.72. The largest absolute Gasteiger partial charge is 0.393 e. The molecule has 0 saturated heterocycles. The first-order valence-electron chi connectivity index (χ1n) is 10.3. The molecule has 0 spiro atoms. The third kappa shape index (κ3) is 3.08. The SMILES string of the molecule is Cc1[nH]c2c(-c3ccccc3)c(-c3ccccc3)nn2c(=O)c1C1=CCC(O)CC1. The summed E-state index contributed by atoms with van der Waals surface area (Å²) in [6, 6.07) is 20.0. The zero-order valence-corrected chi connectivity index (χ0v) is 16.8. The molecule has 2 aromatic heterocycles. The van der Waals surface area contributed by atoms with Gasteiger partial charge >= 0.3 is 0 Å². The molecule has 4 aromatic rings. The minimum Gasteiger partial charge on any atom is -0.393 e. The molecular weight excluding hydrogens is 374 g/mol. The van der Waals surface area contributed by atoms with Crippen LogP contribution in [0, 0.1) is 6.92 Å². The summed E-state index contributed by atoms with van der Waals surface area (Å²) >= 11 is 0. The van der Waals surface area contributed by atoms with Gasteiger partial charge in [0.2, 0.25) is 0 Å². The van der Waals surface area contributed by atoms with Gasteiger partial charge in [0, 0.05) is 11.3 Å². The van der Waals surface area contributed by atoms with Crippen LogP contribution in [0.15, 0.2) is 71.5 Å². The van der Waals surface area contributed by atoms with E-state index >= 15 is 0 Å². The van der Waals surface area contributed by atoms with Crippen molar-refractivity contribution in [1.82, 2.24) is 14.6 Å². The van der Waals surface area contributed by atoms with E-state index in [1.807, 2.05) is 73.7 Å². The highest BCUT2D eigenvalue weighted by Gasteiger charge is 2.23. The Kier molecular flexibility index (Phi) is 4.60. The van der Waals surface area contributed by atoms with Crippen molar-refractivity contribution in [2.24, 2.45) is 0 Å². The van der Waals surface area contributed by atoms with Gasteiger partial charge in [-0.2, -0.15) is 9.61 Å². The van der Waals surface area contributed by atoms with Crippen LogP contribution >= 0.6 is 0 Å². The smallest absolute Gasteiger partial charge is 0.282 e. The minimum atomic E-state index is -0.323. The molecule has 30 heavy (non-hydrogen) atoms. The Morgan fingerprint density at radius 2 is 1.67 bits per heavy atom. The fourth-order valence-electron chi connectivity index (χ4n) is 4.29. The third-order valence-corrected chi connectivity index (χ3v) is 5.79. The van der Waals surface area contributed by atoms with Gasteiger partial charge in [-0.1, -0.05) is 66.7 Å². The van der Waals surface area contributed by atoms with Gasteiger partial charge in [0.1, 0.15) is 11.3 Å². The second kappa shape index (κ2) is 7.43. The summed E-state index contributed by atoms with van der Waals surface area (Å²) in [7, 11) is 0. The number of hydrogen-bond donors (Lipinski definition) is 2. The number of allylic oxidation sites excluding steroid dienone is 1. The zero-order valence-electron chi connectivity index (χ0n) is 16.8. The first-order chi connectivity index (χ1) is 14.6. The van der Waals surface area contributed by atoms with Crippen LogP contribution in [0.5, 0.6) is 0 Å². The number of benzene rings is 2.